The van der Waals surface area contributed by atoms with Crippen LogP contribution < -0.4 is 4.90 Å². The van der Waals surface area contributed by atoms with E-state index in [-0.39, 0.29) is 6.04 Å². The summed E-state index contributed by atoms with van der Waals surface area (Å²) < 4.78 is 2.01. The van der Waals surface area contributed by atoms with Crippen LogP contribution in [-0.2, 0) is 13.0 Å². The minimum Gasteiger partial charge on any atom is -0.347 e. The maximum atomic E-state index is 5.06. The molecular weight excluding hydrogens is 434 g/mol. The average Bonchev–Trinajstić information content (AvgIpc) is 3.25. The van der Waals surface area contributed by atoms with Gasteiger partial charge in [0.1, 0.15) is 12.1 Å². The Morgan fingerprint density at radius 2 is 1.89 bits per heavy atom. The van der Waals surface area contributed by atoms with Crippen molar-refractivity contribution in [2.45, 2.75) is 65.5 Å². The number of anilines is 1. The number of likely N-dealkylation sites (tertiary alicyclic amines) is 1. The van der Waals surface area contributed by atoms with Crippen LogP contribution in [0.25, 0.3) is 16.6 Å². The maximum Gasteiger partial charge on any atom is 0.155 e. The van der Waals surface area contributed by atoms with E-state index in [1.165, 1.54) is 31.5 Å². The Morgan fingerprint density at radius 3 is 2.69 bits per heavy atom. The Kier molecular flexibility index (Phi) is 5.88. The second-order valence-corrected chi connectivity index (χ2v) is 10.7. The van der Waals surface area contributed by atoms with Gasteiger partial charge in [-0.2, -0.15) is 5.10 Å². The van der Waals surface area contributed by atoms with Crippen molar-refractivity contribution in [3.05, 3.63) is 59.3 Å². The second kappa shape index (κ2) is 9.19. The van der Waals surface area contributed by atoms with Gasteiger partial charge in [-0.1, -0.05) is 19.9 Å². The van der Waals surface area contributed by atoms with E-state index in [2.05, 4.69) is 65.9 Å². The first kappa shape index (κ1) is 22.4. The summed E-state index contributed by atoms with van der Waals surface area (Å²) in [6.45, 7) is 10.9. The third kappa shape index (κ3) is 4.38. The molecule has 0 amide bonds. The van der Waals surface area contributed by atoms with Crippen molar-refractivity contribution >= 4 is 22.4 Å². The molecule has 0 aliphatic carbocycles. The van der Waals surface area contributed by atoms with Crippen LogP contribution in [-0.4, -0.2) is 49.1 Å². The van der Waals surface area contributed by atoms with Gasteiger partial charge in [0, 0.05) is 30.2 Å². The molecule has 0 spiro atoms. The number of piperidine rings is 1. The fourth-order valence-electron chi connectivity index (χ4n) is 5.63. The fraction of sp³-hybridized carbons (Fsp3) is 0.500. The van der Waals surface area contributed by atoms with Crippen LogP contribution in [0.1, 0.15) is 68.2 Å². The topological polar surface area (TPSA) is 62.5 Å². The molecule has 182 valence electrons. The minimum atomic E-state index is 0.190. The largest absolute Gasteiger partial charge is 0.347 e. The molecule has 1 unspecified atom stereocenters. The van der Waals surface area contributed by atoms with Crippen LogP contribution in [0.3, 0.4) is 0 Å². The lowest BCUT2D eigenvalue weighted by molar-refractivity contribution is 0.170. The zero-order chi connectivity index (χ0) is 23.9. The van der Waals surface area contributed by atoms with Crippen LogP contribution in [0.4, 0.5) is 5.82 Å². The molecule has 35 heavy (non-hydrogen) atoms. The Hall–Kier alpha value is -3.06. The summed E-state index contributed by atoms with van der Waals surface area (Å²) >= 11 is 0. The van der Waals surface area contributed by atoms with Gasteiger partial charge in [0.15, 0.2) is 5.65 Å². The lowest BCUT2D eigenvalue weighted by atomic mass is 9.97. The molecule has 1 aromatic carbocycles. The molecule has 1 atom stereocenters. The molecule has 2 aliphatic rings. The number of hydrogen-bond donors (Lipinski definition) is 0. The molecule has 5 heterocycles. The van der Waals surface area contributed by atoms with Gasteiger partial charge in [-0.05, 0) is 81.8 Å². The van der Waals surface area contributed by atoms with E-state index in [0.29, 0.717) is 5.92 Å². The summed E-state index contributed by atoms with van der Waals surface area (Å²) in [6, 6.07) is 11.2. The highest BCUT2D eigenvalue weighted by molar-refractivity contribution is 5.90. The van der Waals surface area contributed by atoms with Gasteiger partial charge in [-0.15, -0.1) is 0 Å². The van der Waals surface area contributed by atoms with Crippen molar-refractivity contribution in [1.29, 1.82) is 0 Å². The number of aromatic nitrogens is 5. The van der Waals surface area contributed by atoms with Crippen LogP contribution in [0, 0.1) is 12.8 Å². The molecule has 0 N–H and O–H groups in total. The highest BCUT2D eigenvalue weighted by atomic mass is 15.3. The van der Waals surface area contributed by atoms with Gasteiger partial charge >= 0.3 is 0 Å². The second-order valence-electron chi connectivity index (χ2n) is 10.7. The molecule has 0 bridgehead atoms. The van der Waals surface area contributed by atoms with Crippen molar-refractivity contribution in [3.8, 4) is 0 Å². The molecule has 2 fully saturated rings. The quantitative estimate of drug-likeness (QED) is 0.391. The van der Waals surface area contributed by atoms with E-state index in [1.54, 1.807) is 6.33 Å². The third-order valence-corrected chi connectivity index (χ3v) is 7.45. The molecule has 7 nitrogen and oxygen atoms in total. The number of hydrogen-bond acceptors (Lipinski definition) is 6. The monoisotopic (exact) mass is 469 g/mol. The summed E-state index contributed by atoms with van der Waals surface area (Å²) in [4.78, 5) is 19.3. The van der Waals surface area contributed by atoms with Crippen LogP contribution >= 0.6 is 0 Å². The maximum absolute atomic E-state index is 5.06. The summed E-state index contributed by atoms with van der Waals surface area (Å²) in [7, 11) is 0. The minimum absolute atomic E-state index is 0.190. The molecule has 6 rings (SSSR count). The van der Waals surface area contributed by atoms with Gasteiger partial charge in [0.25, 0.3) is 0 Å². The SMILES string of the molecule is Cc1cc(CN2CCC2)nc2cc(C3CCCCN3c3ncnc4ccc(CC(C)C)cc34)nn12. The van der Waals surface area contributed by atoms with Crippen LogP contribution in [0.5, 0.6) is 0 Å². The first-order chi connectivity index (χ1) is 17.0. The van der Waals surface area contributed by atoms with E-state index in [0.717, 1.165) is 71.8 Å². The van der Waals surface area contributed by atoms with Crippen molar-refractivity contribution < 1.29 is 0 Å². The van der Waals surface area contributed by atoms with Crippen molar-refractivity contribution in [2.75, 3.05) is 24.5 Å². The van der Waals surface area contributed by atoms with Crippen molar-refractivity contribution in [2.24, 2.45) is 5.92 Å². The zero-order valence-corrected chi connectivity index (χ0v) is 21.1. The van der Waals surface area contributed by atoms with E-state index in [1.807, 2.05) is 4.52 Å². The Balaban J connectivity index is 1.37. The van der Waals surface area contributed by atoms with Crippen molar-refractivity contribution in [1.82, 2.24) is 29.5 Å². The summed E-state index contributed by atoms with van der Waals surface area (Å²) in [5.41, 5.74) is 6.68. The van der Waals surface area contributed by atoms with E-state index in [4.69, 9.17) is 15.1 Å². The van der Waals surface area contributed by atoms with Gasteiger partial charge in [-0.3, -0.25) is 4.90 Å². The predicted molar refractivity (Wildman–Crippen MR) is 140 cm³/mol. The van der Waals surface area contributed by atoms with E-state index >= 15 is 0 Å². The molecule has 7 heteroatoms. The summed E-state index contributed by atoms with van der Waals surface area (Å²) in [6.07, 6.45) is 7.50. The number of fused-ring (bicyclic) bond motifs is 2. The Bertz CT molecular complexity index is 1350. The lowest BCUT2D eigenvalue weighted by Gasteiger charge is -2.36. The van der Waals surface area contributed by atoms with Gasteiger partial charge < -0.3 is 4.90 Å². The van der Waals surface area contributed by atoms with E-state index < -0.39 is 0 Å². The smallest absolute Gasteiger partial charge is 0.155 e. The van der Waals surface area contributed by atoms with E-state index in [9.17, 15) is 0 Å². The molecule has 3 aromatic heterocycles. The highest BCUT2D eigenvalue weighted by Gasteiger charge is 2.29. The fourth-order valence-corrected chi connectivity index (χ4v) is 5.63. The molecule has 2 saturated heterocycles. The molecule has 0 radical (unpaired) electrons. The number of benzene rings is 1. The van der Waals surface area contributed by atoms with Crippen LogP contribution in [0.2, 0.25) is 0 Å². The Morgan fingerprint density at radius 1 is 1.00 bits per heavy atom. The molecule has 0 saturated carbocycles. The summed E-state index contributed by atoms with van der Waals surface area (Å²) in [5.74, 6) is 1.65. The number of aryl methyl sites for hydroxylation is 1. The van der Waals surface area contributed by atoms with Crippen LogP contribution in [0.15, 0.2) is 36.7 Å². The van der Waals surface area contributed by atoms with Gasteiger partial charge in [0.2, 0.25) is 0 Å². The normalized spacial score (nSPS) is 19.1. The summed E-state index contributed by atoms with van der Waals surface area (Å²) in [5, 5.41) is 6.20. The lowest BCUT2D eigenvalue weighted by Crippen LogP contribution is -2.36. The standard InChI is InChI=1S/C28H35N7/c1-19(2)13-21-8-9-24-23(15-21)28(30-18-29-24)34-12-5-4-7-26(34)25-16-27-31-22(17-33-10-6-11-33)14-20(3)35(27)32-25/h8-9,14-16,18-19,26H,4-7,10-13,17H2,1-3H3. The molecule has 2 aliphatic heterocycles. The molecule has 4 aromatic rings. The third-order valence-electron chi connectivity index (χ3n) is 7.45. The van der Waals surface area contributed by atoms with Gasteiger partial charge in [-0.25, -0.2) is 19.5 Å². The number of rotatable bonds is 6. The zero-order valence-electron chi connectivity index (χ0n) is 21.1. The number of nitrogens with zero attached hydrogens (tertiary/aromatic N) is 7. The highest BCUT2D eigenvalue weighted by Crippen LogP contribution is 2.37. The van der Waals surface area contributed by atoms with Crippen molar-refractivity contribution in [3.63, 3.8) is 0 Å². The predicted octanol–water partition coefficient (Wildman–Crippen LogP) is 5.12. The first-order valence-corrected chi connectivity index (χ1v) is 13.1. The Labute approximate surface area is 207 Å². The average molecular weight is 470 g/mol. The first-order valence-electron chi connectivity index (χ1n) is 13.1. The van der Waals surface area contributed by atoms with Gasteiger partial charge in [0.05, 0.1) is 22.9 Å². The molecular formula is C28H35N7.